The number of hydrogen-bond donors (Lipinski definition) is 1. The van der Waals surface area contributed by atoms with E-state index in [9.17, 15) is 13.6 Å². The molecule has 0 aliphatic carbocycles. The average molecular weight is 331 g/mol. The van der Waals surface area contributed by atoms with E-state index in [-0.39, 0.29) is 22.5 Å². The lowest BCUT2D eigenvalue weighted by molar-refractivity contribution is -0.0311. The van der Waals surface area contributed by atoms with E-state index in [1.807, 2.05) is 0 Å². The molecule has 0 unspecified atom stereocenters. The Morgan fingerprint density at radius 1 is 1.41 bits per heavy atom. The number of nitrogens with zero attached hydrogens (tertiary/aromatic N) is 2. The standard InChI is InChI=1S/C13H9ClF2N2O4/c14-6-1-9(15)11(10(16)2-6)22-12-8(13(19)20)3-17-18(12)7-4-21-5-7/h1-3,7H,4-5H2,(H,19,20). The van der Waals surface area contributed by atoms with E-state index < -0.39 is 23.4 Å². The SMILES string of the molecule is O=C(O)c1cnn(C2COC2)c1Oc1c(F)cc(Cl)cc1F. The van der Waals surface area contributed by atoms with Crippen molar-refractivity contribution in [3.8, 4) is 11.6 Å². The highest BCUT2D eigenvalue weighted by Crippen LogP contribution is 2.34. The minimum atomic E-state index is -1.32. The first-order chi connectivity index (χ1) is 10.5. The van der Waals surface area contributed by atoms with Crippen LogP contribution in [0.1, 0.15) is 16.4 Å². The lowest BCUT2D eigenvalue weighted by atomic mass is 10.2. The van der Waals surface area contributed by atoms with Gasteiger partial charge in [0.05, 0.1) is 19.4 Å². The second-order valence-electron chi connectivity index (χ2n) is 4.61. The van der Waals surface area contributed by atoms with Crippen LogP contribution < -0.4 is 4.74 Å². The average Bonchev–Trinajstić information content (AvgIpc) is 2.75. The van der Waals surface area contributed by atoms with Gasteiger partial charge in [-0.1, -0.05) is 11.6 Å². The van der Waals surface area contributed by atoms with Crippen LogP contribution in [-0.4, -0.2) is 34.1 Å². The van der Waals surface area contributed by atoms with E-state index in [1.165, 1.54) is 4.68 Å². The molecule has 0 bridgehead atoms. The van der Waals surface area contributed by atoms with E-state index >= 15 is 0 Å². The van der Waals surface area contributed by atoms with Gasteiger partial charge in [-0.25, -0.2) is 18.3 Å². The first-order valence-electron chi connectivity index (χ1n) is 6.18. The minimum absolute atomic E-state index is 0.137. The molecule has 1 aromatic carbocycles. The number of benzene rings is 1. The predicted molar refractivity (Wildman–Crippen MR) is 70.5 cm³/mol. The number of carboxylic acid groups (broad SMARTS) is 1. The van der Waals surface area contributed by atoms with Gasteiger partial charge in [0.1, 0.15) is 11.6 Å². The van der Waals surface area contributed by atoms with Crippen LogP contribution in [-0.2, 0) is 4.74 Å². The fraction of sp³-hybridized carbons (Fsp3) is 0.231. The van der Waals surface area contributed by atoms with Gasteiger partial charge >= 0.3 is 5.97 Å². The van der Waals surface area contributed by atoms with Gasteiger partial charge in [-0.15, -0.1) is 0 Å². The van der Waals surface area contributed by atoms with Gasteiger partial charge < -0.3 is 14.6 Å². The molecule has 0 atom stereocenters. The Kier molecular flexibility index (Phi) is 3.71. The van der Waals surface area contributed by atoms with Crippen molar-refractivity contribution in [2.24, 2.45) is 0 Å². The number of rotatable bonds is 4. The maximum absolute atomic E-state index is 13.8. The van der Waals surface area contributed by atoms with Crippen molar-refractivity contribution in [2.75, 3.05) is 13.2 Å². The van der Waals surface area contributed by atoms with Crippen molar-refractivity contribution in [1.82, 2.24) is 9.78 Å². The summed E-state index contributed by atoms with van der Waals surface area (Å²) in [4.78, 5) is 11.2. The van der Waals surface area contributed by atoms with E-state index in [0.29, 0.717) is 13.2 Å². The molecule has 1 aliphatic heterocycles. The van der Waals surface area contributed by atoms with Gasteiger partial charge in [-0.2, -0.15) is 5.10 Å². The van der Waals surface area contributed by atoms with E-state index in [1.54, 1.807) is 0 Å². The largest absolute Gasteiger partial charge is 0.477 e. The number of halogens is 3. The van der Waals surface area contributed by atoms with E-state index in [2.05, 4.69) is 5.10 Å². The molecule has 2 aromatic rings. The van der Waals surface area contributed by atoms with Gasteiger partial charge in [-0.05, 0) is 12.1 Å². The molecule has 6 nitrogen and oxygen atoms in total. The Labute approximate surface area is 127 Å². The molecule has 116 valence electrons. The molecular formula is C13H9ClF2N2O4. The Morgan fingerprint density at radius 3 is 2.55 bits per heavy atom. The summed E-state index contributed by atoms with van der Waals surface area (Å²) in [5.41, 5.74) is -0.305. The summed E-state index contributed by atoms with van der Waals surface area (Å²) in [5.74, 6) is -4.41. The maximum atomic E-state index is 13.8. The van der Waals surface area contributed by atoms with Gasteiger partial charge in [0.2, 0.25) is 11.6 Å². The van der Waals surface area contributed by atoms with Crippen molar-refractivity contribution >= 4 is 17.6 Å². The molecule has 1 fully saturated rings. The van der Waals surface area contributed by atoms with Crippen molar-refractivity contribution in [2.45, 2.75) is 6.04 Å². The van der Waals surface area contributed by atoms with E-state index in [0.717, 1.165) is 18.3 Å². The minimum Gasteiger partial charge on any atom is -0.477 e. The summed E-state index contributed by atoms with van der Waals surface area (Å²) >= 11 is 5.54. The number of carbonyl (C=O) groups is 1. The van der Waals surface area contributed by atoms with Crippen LogP contribution in [0.4, 0.5) is 8.78 Å². The summed E-state index contributed by atoms with van der Waals surface area (Å²) in [5, 5.41) is 12.9. The first kappa shape index (κ1) is 14.7. The molecule has 1 N–H and O–H groups in total. The monoisotopic (exact) mass is 330 g/mol. The number of ether oxygens (including phenoxy) is 2. The Hall–Kier alpha value is -2.19. The lowest BCUT2D eigenvalue weighted by Crippen LogP contribution is -2.31. The Morgan fingerprint density at radius 2 is 2.05 bits per heavy atom. The molecule has 0 radical (unpaired) electrons. The molecule has 3 rings (SSSR count). The number of carboxylic acids is 1. The lowest BCUT2D eigenvalue weighted by Gasteiger charge is -2.27. The summed E-state index contributed by atoms with van der Waals surface area (Å²) in [6.45, 7) is 0.616. The van der Waals surface area contributed by atoms with Crippen LogP contribution >= 0.6 is 11.6 Å². The third kappa shape index (κ3) is 2.51. The Bertz CT molecular complexity index is 723. The summed E-state index contributed by atoms with van der Waals surface area (Å²) in [6, 6.07) is 1.49. The third-order valence-corrected chi connectivity index (χ3v) is 3.33. The normalized spacial score (nSPS) is 14.7. The number of aromatic nitrogens is 2. The predicted octanol–water partition coefficient (Wildman–Crippen LogP) is 2.88. The number of hydrogen-bond acceptors (Lipinski definition) is 4. The smallest absolute Gasteiger partial charge is 0.342 e. The van der Waals surface area contributed by atoms with Crippen molar-refractivity contribution in [3.05, 3.63) is 40.6 Å². The summed E-state index contributed by atoms with van der Waals surface area (Å²) < 4.78 is 39.0. The van der Waals surface area contributed by atoms with Gasteiger partial charge in [0, 0.05) is 5.02 Å². The van der Waals surface area contributed by atoms with Crippen molar-refractivity contribution < 1.29 is 28.2 Å². The van der Waals surface area contributed by atoms with Crippen LogP contribution in [0.2, 0.25) is 5.02 Å². The van der Waals surface area contributed by atoms with Gasteiger partial charge in [-0.3, -0.25) is 0 Å². The zero-order valence-corrected chi connectivity index (χ0v) is 11.7. The second kappa shape index (κ2) is 5.54. The molecule has 0 saturated carbocycles. The van der Waals surface area contributed by atoms with Crippen LogP contribution in [0.15, 0.2) is 18.3 Å². The molecule has 22 heavy (non-hydrogen) atoms. The molecule has 0 spiro atoms. The topological polar surface area (TPSA) is 73.6 Å². The Balaban J connectivity index is 2.04. The zero-order valence-electron chi connectivity index (χ0n) is 10.9. The molecule has 2 heterocycles. The van der Waals surface area contributed by atoms with Crippen LogP contribution in [0.25, 0.3) is 0 Å². The molecule has 0 amide bonds. The highest BCUT2D eigenvalue weighted by Gasteiger charge is 2.29. The molecule has 1 aromatic heterocycles. The molecular weight excluding hydrogens is 322 g/mol. The third-order valence-electron chi connectivity index (χ3n) is 3.11. The van der Waals surface area contributed by atoms with Crippen molar-refractivity contribution in [1.29, 1.82) is 0 Å². The fourth-order valence-electron chi connectivity index (χ4n) is 1.95. The zero-order chi connectivity index (χ0) is 15.9. The maximum Gasteiger partial charge on any atom is 0.342 e. The van der Waals surface area contributed by atoms with Crippen LogP contribution in [0.5, 0.6) is 11.6 Å². The van der Waals surface area contributed by atoms with Crippen molar-refractivity contribution in [3.63, 3.8) is 0 Å². The van der Waals surface area contributed by atoms with Crippen LogP contribution in [0, 0.1) is 11.6 Å². The van der Waals surface area contributed by atoms with E-state index in [4.69, 9.17) is 26.2 Å². The fourth-order valence-corrected chi connectivity index (χ4v) is 2.14. The van der Waals surface area contributed by atoms with Crippen LogP contribution in [0.3, 0.4) is 0 Å². The van der Waals surface area contributed by atoms with Gasteiger partial charge in [0.25, 0.3) is 0 Å². The number of aromatic carboxylic acids is 1. The first-order valence-corrected chi connectivity index (χ1v) is 6.56. The molecule has 1 saturated heterocycles. The second-order valence-corrected chi connectivity index (χ2v) is 5.04. The highest BCUT2D eigenvalue weighted by molar-refractivity contribution is 6.30. The van der Waals surface area contributed by atoms with Gasteiger partial charge in [0.15, 0.2) is 11.6 Å². The summed E-state index contributed by atoms with van der Waals surface area (Å²) in [6.07, 6.45) is 1.06. The summed E-state index contributed by atoms with van der Waals surface area (Å²) in [7, 11) is 0. The molecule has 9 heteroatoms. The quantitative estimate of drug-likeness (QED) is 0.933. The molecule has 1 aliphatic rings. The highest BCUT2D eigenvalue weighted by atomic mass is 35.5.